The molecule has 0 unspecified atom stereocenters. The van der Waals surface area contributed by atoms with Crippen LogP contribution in [0.4, 0.5) is 0 Å². The van der Waals surface area contributed by atoms with E-state index in [0.717, 1.165) is 5.56 Å². The quantitative estimate of drug-likeness (QED) is 0.633. The molecule has 140 valence electrons. The third-order valence-corrected chi connectivity index (χ3v) is 5.71. The zero-order valence-corrected chi connectivity index (χ0v) is 16.0. The number of hydrogen-bond acceptors (Lipinski definition) is 2. The topological polar surface area (TPSA) is 32.3 Å². The van der Waals surface area contributed by atoms with Gasteiger partial charge in [-0.15, -0.1) is 0 Å². The van der Waals surface area contributed by atoms with Crippen LogP contribution in [-0.2, 0) is 0 Å². The molecule has 3 aromatic carbocycles. The highest BCUT2D eigenvalue weighted by atomic mass is 16.3. The first-order chi connectivity index (χ1) is 13.7. The van der Waals surface area contributed by atoms with Crippen molar-refractivity contribution in [2.24, 2.45) is 5.92 Å². The minimum Gasteiger partial charge on any atom is -0.377 e. The average Bonchev–Trinajstić information content (AvgIpc) is 2.76. The van der Waals surface area contributed by atoms with Crippen molar-refractivity contribution in [3.63, 3.8) is 0 Å². The van der Waals surface area contributed by atoms with Crippen LogP contribution in [0.5, 0.6) is 0 Å². The highest BCUT2D eigenvalue weighted by Crippen LogP contribution is 2.42. The van der Waals surface area contributed by atoms with Gasteiger partial charge in [0.25, 0.3) is 0 Å². The molecule has 1 saturated heterocycles. The third-order valence-electron chi connectivity index (χ3n) is 5.71. The second-order valence-corrected chi connectivity index (χ2v) is 7.55. The monoisotopic (exact) mass is 367 g/mol. The van der Waals surface area contributed by atoms with E-state index in [4.69, 9.17) is 0 Å². The first-order valence-electron chi connectivity index (χ1n) is 9.82. The lowest BCUT2D eigenvalue weighted by atomic mass is 9.72. The number of rotatable bonds is 2. The van der Waals surface area contributed by atoms with Gasteiger partial charge in [0.1, 0.15) is 5.60 Å². The summed E-state index contributed by atoms with van der Waals surface area (Å²) in [6.45, 7) is 2.09. The number of hydrogen-bond donors (Lipinski definition) is 2. The summed E-state index contributed by atoms with van der Waals surface area (Å²) in [6.07, 6.45) is 0.557. The summed E-state index contributed by atoms with van der Waals surface area (Å²) in [6, 6.07) is 30.6. The molecule has 0 bridgehead atoms. The van der Waals surface area contributed by atoms with E-state index in [9.17, 15) is 5.11 Å². The molecule has 4 atom stereocenters. The van der Waals surface area contributed by atoms with E-state index in [1.807, 2.05) is 66.7 Å². The van der Waals surface area contributed by atoms with Crippen LogP contribution in [0.3, 0.4) is 0 Å². The zero-order chi connectivity index (χ0) is 19.4. The predicted octanol–water partition coefficient (Wildman–Crippen LogP) is 4.88. The Morgan fingerprint density at radius 3 is 1.96 bits per heavy atom. The summed E-state index contributed by atoms with van der Waals surface area (Å²) in [5, 5.41) is 15.4. The van der Waals surface area contributed by atoms with Crippen molar-refractivity contribution < 1.29 is 5.11 Å². The molecule has 0 aliphatic carbocycles. The molecule has 0 radical (unpaired) electrons. The molecular weight excluding hydrogens is 342 g/mol. The van der Waals surface area contributed by atoms with Gasteiger partial charge in [-0.05, 0) is 23.3 Å². The minimum atomic E-state index is -1.08. The summed E-state index contributed by atoms with van der Waals surface area (Å²) < 4.78 is 0. The van der Waals surface area contributed by atoms with Crippen LogP contribution in [0, 0.1) is 17.8 Å². The molecule has 0 amide bonds. The summed E-state index contributed by atoms with van der Waals surface area (Å²) >= 11 is 0. The van der Waals surface area contributed by atoms with Crippen LogP contribution in [0.2, 0.25) is 0 Å². The minimum absolute atomic E-state index is 0.0234. The van der Waals surface area contributed by atoms with Crippen LogP contribution in [0.15, 0.2) is 91.0 Å². The van der Waals surface area contributed by atoms with E-state index in [2.05, 4.69) is 48.3 Å². The van der Waals surface area contributed by atoms with Crippen molar-refractivity contribution in [1.29, 1.82) is 0 Å². The molecule has 4 rings (SSSR count). The molecule has 0 spiro atoms. The zero-order valence-electron chi connectivity index (χ0n) is 16.0. The Balaban J connectivity index is 1.72. The molecule has 2 nitrogen and oxygen atoms in total. The highest BCUT2D eigenvalue weighted by molar-refractivity contribution is 5.38. The first kappa shape index (κ1) is 18.5. The van der Waals surface area contributed by atoms with Crippen molar-refractivity contribution >= 4 is 0 Å². The van der Waals surface area contributed by atoms with Gasteiger partial charge in [0.2, 0.25) is 0 Å². The van der Waals surface area contributed by atoms with E-state index >= 15 is 0 Å². The third kappa shape index (κ3) is 3.87. The van der Waals surface area contributed by atoms with Gasteiger partial charge >= 0.3 is 0 Å². The normalized spacial score (nSPS) is 26.9. The van der Waals surface area contributed by atoms with Gasteiger partial charge in [0, 0.05) is 30.0 Å². The molecule has 0 saturated carbocycles. The van der Waals surface area contributed by atoms with E-state index < -0.39 is 5.60 Å². The van der Waals surface area contributed by atoms with Gasteiger partial charge in [0.15, 0.2) is 0 Å². The Morgan fingerprint density at radius 2 is 1.36 bits per heavy atom. The Labute approximate surface area is 167 Å². The molecule has 3 aromatic rings. The van der Waals surface area contributed by atoms with E-state index in [0.29, 0.717) is 6.42 Å². The molecule has 1 aliphatic rings. The lowest BCUT2D eigenvalue weighted by Gasteiger charge is -2.45. The Morgan fingerprint density at radius 1 is 0.821 bits per heavy atom. The number of nitrogens with one attached hydrogen (secondary N) is 1. The molecule has 28 heavy (non-hydrogen) atoms. The smallest absolute Gasteiger partial charge is 0.132 e. The van der Waals surface area contributed by atoms with Gasteiger partial charge in [-0.1, -0.05) is 97.6 Å². The Hall–Kier alpha value is -2.86. The second-order valence-electron chi connectivity index (χ2n) is 7.55. The standard InChI is InChI=1S/C26H25NO/c1-20-25(23-15-9-4-10-16-23)27-24(22-13-7-3-8-14-22)19-26(20,28)18-17-21-11-5-2-6-12-21/h2-16,20,24-25,27-28H,19H2,1H3/t20-,24+,25+,26+/m1/s1. The highest BCUT2D eigenvalue weighted by Gasteiger charge is 2.45. The van der Waals surface area contributed by atoms with Gasteiger partial charge in [0.05, 0.1) is 0 Å². The molecule has 1 fully saturated rings. The summed E-state index contributed by atoms with van der Waals surface area (Å²) in [4.78, 5) is 0. The second kappa shape index (κ2) is 8.02. The van der Waals surface area contributed by atoms with Gasteiger partial charge < -0.3 is 10.4 Å². The van der Waals surface area contributed by atoms with Crippen molar-refractivity contribution in [3.05, 3.63) is 108 Å². The van der Waals surface area contributed by atoms with Crippen LogP contribution in [0.25, 0.3) is 0 Å². The van der Waals surface area contributed by atoms with Crippen LogP contribution in [0.1, 0.15) is 42.1 Å². The fourth-order valence-corrected chi connectivity index (χ4v) is 4.00. The average molecular weight is 367 g/mol. The van der Waals surface area contributed by atoms with Crippen molar-refractivity contribution in [3.8, 4) is 11.8 Å². The molecule has 1 aliphatic heterocycles. The largest absolute Gasteiger partial charge is 0.377 e. The summed E-state index contributed by atoms with van der Waals surface area (Å²) in [7, 11) is 0. The summed E-state index contributed by atoms with van der Waals surface area (Å²) in [5.41, 5.74) is 2.20. The maximum absolute atomic E-state index is 11.7. The molecule has 2 N–H and O–H groups in total. The van der Waals surface area contributed by atoms with Gasteiger partial charge in [-0.3, -0.25) is 0 Å². The maximum Gasteiger partial charge on any atom is 0.132 e. The van der Waals surface area contributed by atoms with Crippen LogP contribution < -0.4 is 5.32 Å². The fraction of sp³-hybridized carbons (Fsp3) is 0.231. The molecular formula is C26H25NO. The van der Waals surface area contributed by atoms with Gasteiger partial charge in [-0.2, -0.15) is 0 Å². The fourth-order valence-electron chi connectivity index (χ4n) is 4.00. The first-order valence-corrected chi connectivity index (χ1v) is 9.82. The number of aliphatic hydroxyl groups is 1. The Bertz CT molecular complexity index is 959. The van der Waals surface area contributed by atoms with E-state index in [-0.39, 0.29) is 18.0 Å². The maximum atomic E-state index is 11.7. The van der Waals surface area contributed by atoms with E-state index in [1.54, 1.807) is 0 Å². The van der Waals surface area contributed by atoms with Gasteiger partial charge in [-0.25, -0.2) is 0 Å². The molecule has 1 heterocycles. The Kier molecular flexibility index (Phi) is 5.30. The molecule has 0 aromatic heterocycles. The summed E-state index contributed by atoms with van der Waals surface area (Å²) in [5.74, 6) is 6.38. The van der Waals surface area contributed by atoms with Crippen molar-refractivity contribution in [2.75, 3.05) is 0 Å². The van der Waals surface area contributed by atoms with Crippen molar-refractivity contribution in [2.45, 2.75) is 31.0 Å². The lowest BCUT2D eigenvalue weighted by molar-refractivity contribution is -0.0196. The van der Waals surface area contributed by atoms with Crippen molar-refractivity contribution in [1.82, 2.24) is 5.32 Å². The molecule has 2 heteroatoms. The lowest BCUT2D eigenvalue weighted by Crippen LogP contribution is -2.51. The number of piperidine rings is 1. The number of benzene rings is 3. The van der Waals surface area contributed by atoms with Crippen LogP contribution in [-0.4, -0.2) is 10.7 Å². The van der Waals surface area contributed by atoms with E-state index in [1.165, 1.54) is 11.1 Å². The van der Waals surface area contributed by atoms with Crippen LogP contribution >= 0.6 is 0 Å². The predicted molar refractivity (Wildman–Crippen MR) is 114 cm³/mol. The SMILES string of the molecule is C[C@@H]1[C@@H](c2ccccc2)N[C@H](c2ccccc2)C[C@@]1(O)C#Cc1ccccc1.